The maximum Gasteiger partial charge on any atom is 0.319 e. The first-order valence-electron chi connectivity index (χ1n) is 8.40. The molecule has 142 valence electrons. The number of phenols is 1. The lowest BCUT2D eigenvalue weighted by molar-refractivity contribution is 0.0955. The van der Waals surface area contributed by atoms with E-state index in [-0.39, 0.29) is 18.3 Å². The molecule has 0 spiro atoms. The van der Waals surface area contributed by atoms with Gasteiger partial charge in [0.15, 0.2) is 0 Å². The van der Waals surface area contributed by atoms with Crippen molar-refractivity contribution in [2.45, 2.75) is 6.54 Å². The molecule has 8 nitrogen and oxygen atoms in total. The summed E-state index contributed by atoms with van der Waals surface area (Å²) in [5, 5.41) is 18.8. The minimum Gasteiger partial charge on any atom is -0.507 e. The largest absolute Gasteiger partial charge is 0.507 e. The highest BCUT2D eigenvalue weighted by molar-refractivity contribution is 5.96. The number of furan rings is 1. The molecule has 0 saturated heterocycles. The Labute approximate surface area is 160 Å². The van der Waals surface area contributed by atoms with Crippen molar-refractivity contribution in [2.75, 3.05) is 5.32 Å². The Morgan fingerprint density at radius 1 is 1.04 bits per heavy atom. The highest BCUT2D eigenvalue weighted by Gasteiger charge is 2.06. The molecular formula is C20H18N4O4. The second-order valence-corrected chi connectivity index (χ2v) is 5.72. The van der Waals surface area contributed by atoms with Crippen molar-refractivity contribution in [3.63, 3.8) is 0 Å². The molecule has 0 fully saturated rings. The van der Waals surface area contributed by atoms with E-state index >= 15 is 0 Å². The van der Waals surface area contributed by atoms with Crippen LogP contribution in [-0.2, 0) is 6.54 Å². The Kier molecular flexibility index (Phi) is 6.04. The molecule has 0 atom stereocenters. The maximum absolute atomic E-state index is 12.1. The first kappa shape index (κ1) is 18.7. The number of hydrogen-bond donors (Lipinski definition) is 4. The van der Waals surface area contributed by atoms with Crippen LogP contribution in [0.15, 0.2) is 76.4 Å². The van der Waals surface area contributed by atoms with Gasteiger partial charge in [-0.3, -0.25) is 4.79 Å². The van der Waals surface area contributed by atoms with E-state index < -0.39 is 5.91 Å². The van der Waals surface area contributed by atoms with Crippen LogP contribution in [0.2, 0.25) is 0 Å². The van der Waals surface area contributed by atoms with Gasteiger partial charge in [0.05, 0.1) is 19.0 Å². The molecule has 3 aromatic rings. The summed E-state index contributed by atoms with van der Waals surface area (Å²) in [6, 6.07) is 16.1. The Balaban J connectivity index is 1.49. The van der Waals surface area contributed by atoms with E-state index in [1.807, 2.05) is 0 Å². The van der Waals surface area contributed by atoms with Crippen LogP contribution >= 0.6 is 0 Å². The summed E-state index contributed by atoms with van der Waals surface area (Å²) in [6.45, 7) is 0.272. The number of aromatic hydroxyl groups is 1. The molecular weight excluding hydrogens is 360 g/mol. The predicted molar refractivity (Wildman–Crippen MR) is 104 cm³/mol. The third kappa shape index (κ3) is 5.21. The normalized spacial score (nSPS) is 10.6. The lowest BCUT2D eigenvalue weighted by Gasteiger charge is -2.07. The molecule has 3 rings (SSSR count). The first-order chi connectivity index (χ1) is 13.6. The van der Waals surface area contributed by atoms with Crippen LogP contribution in [0.25, 0.3) is 0 Å². The van der Waals surface area contributed by atoms with E-state index in [2.05, 4.69) is 21.2 Å². The first-order valence-corrected chi connectivity index (χ1v) is 8.40. The molecule has 2 aromatic carbocycles. The standard InChI is InChI=1S/C20H18N4O4/c25-18-6-2-1-4-15(18)12-22-24-19(26)14-7-9-16(10-8-14)23-20(27)21-13-17-5-3-11-28-17/h1-12,25H,13H2,(H,24,26)(H2,21,23,27)/b22-12-. The quantitative estimate of drug-likeness (QED) is 0.390. The SMILES string of the molecule is O=C(NCc1ccco1)Nc1ccc(C(=O)N/N=C\c2ccccc2O)cc1. The number of nitrogens with one attached hydrogen (secondary N) is 3. The Morgan fingerprint density at radius 3 is 2.54 bits per heavy atom. The molecule has 4 N–H and O–H groups in total. The van der Waals surface area contributed by atoms with Gasteiger partial charge in [0, 0.05) is 16.8 Å². The highest BCUT2D eigenvalue weighted by Crippen LogP contribution is 2.13. The smallest absolute Gasteiger partial charge is 0.319 e. The summed E-state index contributed by atoms with van der Waals surface area (Å²) in [4.78, 5) is 23.9. The van der Waals surface area contributed by atoms with E-state index in [0.29, 0.717) is 22.6 Å². The fourth-order valence-corrected chi connectivity index (χ4v) is 2.28. The molecule has 3 amide bonds. The van der Waals surface area contributed by atoms with E-state index in [1.165, 1.54) is 18.5 Å². The monoisotopic (exact) mass is 378 g/mol. The molecule has 0 bridgehead atoms. The molecule has 0 radical (unpaired) electrons. The summed E-state index contributed by atoms with van der Waals surface area (Å²) < 4.78 is 5.13. The van der Waals surface area contributed by atoms with E-state index in [4.69, 9.17) is 4.42 Å². The van der Waals surface area contributed by atoms with Crippen LogP contribution in [0.3, 0.4) is 0 Å². The van der Waals surface area contributed by atoms with Crippen molar-refractivity contribution in [3.8, 4) is 5.75 Å². The number of hydrogen-bond acceptors (Lipinski definition) is 5. The van der Waals surface area contributed by atoms with Gasteiger partial charge < -0.3 is 20.2 Å². The van der Waals surface area contributed by atoms with Crippen LogP contribution in [-0.4, -0.2) is 23.3 Å². The predicted octanol–water partition coefficient (Wildman–Crippen LogP) is 3.07. The summed E-state index contributed by atoms with van der Waals surface area (Å²) in [5.41, 5.74) is 3.77. The topological polar surface area (TPSA) is 116 Å². The van der Waals surface area contributed by atoms with Gasteiger partial charge in [-0.1, -0.05) is 12.1 Å². The number of anilines is 1. The molecule has 1 aromatic heterocycles. The number of carbonyl (C=O) groups is 2. The van der Waals surface area contributed by atoms with E-state index in [1.54, 1.807) is 54.6 Å². The number of urea groups is 1. The second-order valence-electron chi connectivity index (χ2n) is 5.72. The molecule has 0 saturated carbocycles. The third-order valence-corrected chi connectivity index (χ3v) is 3.71. The average Bonchev–Trinajstić information content (AvgIpc) is 3.22. The second kappa shape index (κ2) is 9.04. The zero-order valence-electron chi connectivity index (χ0n) is 14.8. The molecule has 28 heavy (non-hydrogen) atoms. The Hall–Kier alpha value is -4.07. The van der Waals surface area contributed by atoms with Gasteiger partial charge in [0.1, 0.15) is 11.5 Å². The zero-order valence-corrected chi connectivity index (χ0v) is 14.8. The summed E-state index contributed by atoms with van der Waals surface area (Å²) in [6.07, 6.45) is 2.89. The number of hydrazone groups is 1. The zero-order chi connectivity index (χ0) is 19.8. The number of phenolic OH excluding ortho intramolecular Hbond substituents is 1. The molecule has 0 unspecified atom stereocenters. The van der Waals surface area contributed by atoms with Gasteiger partial charge in [0.25, 0.3) is 5.91 Å². The number of para-hydroxylation sites is 1. The Morgan fingerprint density at radius 2 is 1.82 bits per heavy atom. The third-order valence-electron chi connectivity index (χ3n) is 3.71. The van der Waals surface area contributed by atoms with Crippen LogP contribution in [0.1, 0.15) is 21.7 Å². The van der Waals surface area contributed by atoms with Gasteiger partial charge in [-0.05, 0) is 48.5 Å². The molecule has 0 aliphatic rings. The number of carbonyl (C=O) groups excluding carboxylic acids is 2. The summed E-state index contributed by atoms with van der Waals surface area (Å²) in [7, 11) is 0. The molecule has 1 heterocycles. The van der Waals surface area contributed by atoms with Crippen LogP contribution in [0.5, 0.6) is 5.75 Å². The van der Waals surface area contributed by atoms with Gasteiger partial charge in [-0.2, -0.15) is 5.10 Å². The van der Waals surface area contributed by atoms with Gasteiger partial charge in [-0.25, -0.2) is 10.2 Å². The number of nitrogens with zero attached hydrogens (tertiary/aromatic N) is 1. The van der Waals surface area contributed by atoms with Crippen LogP contribution in [0, 0.1) is 0 Å². The van der Waals surface area contributed by atoms with Crippen molar-refractivity contribution in [1.82, 2.24) is 10.7 Å². The molecule has 0 aliphatic carbocycles. The number of amides is 3. The maximum atomic E-state index is 12.1. The highest BCUT2D eigenvalue weighted by atomic mass is 16.3. The fraction of sp³-hybridized carbons (Fsp3) is 0.0500. The van der Waals surface area contributed by atoms with Gasteiger partial charge in [0.2, 0.25) is 0 Å². The summed E-state index contributed by atoms with van der Waals surface area (Å²) >= 11 is 0. The van der Waals surface area contributed by atoms with Crippen LogP contribution < -0.4 is 16.1 Å². The fourth-order valence-electron chi connectivity index (χ4n) is 2.28. The Bertz CT molecular complexity index is 966. The number of benzene rings is 2. The average molecular weight is 378 g/mol. The van der Waals surface area contributed by atoms with E-state index in [0.717, 1.165) is 0 Å². The minimum atomic E-state index is -0.416. The lowest BCUT2D eigenvalue weighted by atomic mass is 10.2. The molecule has 8 heteroatoms. The summed E-state index contributed by atoms with van der Waals surface area (Å²) in [5.74, 6) is 0.299. The minimum absolute atomic E-state index is 0.0706. The van der Waals surface area contributed by atoms with Gasteiger partial charge >= 0.3 is 6.03 Å². The molecule has 0 aliphatic heterocycles. The van der Waals surface area contributed by atoms with Crippen molar-refractivity contribution >= 4 is 23.8 Å². The van der Waals surface area contributed by atoms with Crippen molar-refractivity contribution < 1.29 is 19.1 Å². The lowest BCUT2D eigenvalue weighted by Crippen LogP contribution is -2.28. The van der Waals surface area contributed by atoms with Crippen molar-refractivity contribution in [1.29, 1.82) is 0 Å². The van der Waals surface area contributed by atoms with Crippen molar-refractivity contribution in [2.24, 2.45) is 5.10 Å². The van der Waals surface area contributed by atoms with Gasteiger partial charge in [-0.15, -0.1) is 0 Å². The number of rotatable bonds is 6. The van der Waals surface area contributed by atoms with Crippen molar-refractivity contribution in [3.05, 3.63) is 83.8 Å². The van der Waals surface area contributed by atoms with E-state index in [9.17, 15) is 14.7 Å². The van der Waals surface area contributed by atoms with Crippen LogP contribution in [0.4, 0.5) is 10.5 Å².